The van der Waals surface area contributed by atoms with Gasteiger partial charge in [0.2, 0.25) is 0 Å². The van der Waals surface area contributed by atoms with Crippen molar-refractivity contribution in [1.82, 2.24) is 10.5 Å². The molecule has 2 aliphatic heterocycles. The van der Waals surface area contributed by atoms with E-state index in [9.17, 15) is 15.2 Å². The number of nitrogens with zero attached hydrogens (tertiary/aromatic N) is 2. The summed E-state index contributed by atoms with van der Waals surface area (Å²) in [7, 11) is 0. The molecule has 0 aromatic heterocycles. The van der Waals surface area contributed by atoms with Gasteiger partial charge in [0.1, 0.15) is 0 Å². The van der Waals surface area contributed by atoms with Gasteiger partial charge in [0.05, 0.1) is 11.4 Å². The van der Waals surface area contributed by atoms with Gasteiger partial charge in [0.25, 0.3) is 0 Å². The van der Waals surface area contributed by atoms with Crippen LogP contribution in [0.4, 0.5) is 0 Å². The maximum atomic E-state index is 12.5. The number of nitrogens with one attached hydrogen (secondary N) is 1. The number of aliphatic imine (C=N–C) groups is 1. The summed E-state index contributed by atoms with van der Waals surface area (Å²) in [4.78, 5) is 17.1. The molecule has 6 heteroatoms. The van der Waals surface area contributed by atoms with Crippen LogP contribution in [-0.4, -0.2) is 33.2 Å². The third kappa shape index (κ3) is 2.92. The Bertz CT molecular complexity index is 931. The average Bonchev–Trinajstić information content (AvgIpc) is 3.01. The minimum Gasteiger partial charge on any atom is -0.339 e. The number of allylic oxidation sites excluding steroid dienone is 1. The molecule has 0 spiro atoms. The molecule has 0 radical (unpaired) electrons. The van der Waals surface area contributed by atoms with Crippen LogP contribution in [0.15, 0.2) is 83.3 Å². The van der Waals surface area contributed by atoms with E-state index in [0.717, 1.165) is 28.5 Å². The summed E-state index contributed by atoms with van der Waals surface area (Å²) in [5.41, 5.74) is 4.19. The zero-order valence-corrected chi connectivity index (χ0v) is 13.8. The van der Waals surface area contributed by atoms with Gasteiger partial charge in [0, 0.05) is 18.1 Å². The minimum atomic E-state index is -0.687. The van der Waals surface area contributed by atoms with E-state index in [1.54, 1.807) is 0 Å². The molecular weight excluding hydrogens is 330 g/mol. The predicted molar refractivity (Wildman–Crippen MR) is 96.4 cm³/mol. The van der Waals surface area contributed by atoms with Crippen molar-refractivity contribution >= 4 is 17.1 Å². The van der Waals surface area contributed by atoms with Crippen LogP contribution in [0.1, 0.15) is 11.1 Å². The number of hydroxylamine groups is 2. The van der Waals surface area contributed by atoms with Crippen molar-refractivity contribution in [3.05, 3.63) is 89.4 Å². The summed E-state index contributed by atoms with van der Waals surface area (Å²) in [6, 6.07) is 18.9. The molecule has 1 atom stereocenters. The number of ketones is 1. The van der Waals surface area contributed by atoms with Crippen molar-refractivity contribution in [1.29, 1.82) is 0 Å². The molecule has 26 heavy (non-hydrogen) atoms. The second-order valence-corrected chi connectivity index (χ2v) is 6.14. The number of benzene rings is 2. The van der Waals surface area contributed by atoms with Gasteiger partial charge in [-0.1, -0.05) is 60.7 Å². The van der Waals surface area contributed by atoms with E-state index in [2.05, 4.69) is 10.3 Å². The van der Waals surface area contributed by atoms with Crippen LogP contribution in [0, 0.1) is 0 Å². The van der Waals surface area contributed by atoms with E-state index >= 15 is 0 Å². The maximum absolute atomic E-state index is 12.5. The Morgan fingerprint density at radius 1 is 1.00 bits per heavy atom. The molecule has 0 fully saturated rings. The van der Waals surface area contributed by atoms with Gasteiger partial charge in [0.15, 0.2) is 17.6 Å². The van der Waals surface area contributed by atoms with E-state index in [4.69, 9.17) is 0 Å². The Balaban J connectivity index is 1.80. The molecule has 6 nitrogen and oxygen atoms in total. The fourth-order valence-electron chi connectivity index (χ4n) is 3.26. The Morgan fingerprint density at radius 2 is 1.65 bits per heavy atom. The van der Waals surface area contributed by atoms with Crippen LogP contribution in [-0.2, 0) is 11.2 Å². The van der Waals surface area contributed by atoms with Crippen molar-refractivity contribution in [2.24, 2.45) is 4.99 Å². The third-order valence-corrected chi connectivity index (χ3v) is 4.42. The number of carbonyl (C=O) groups excluding carboxylic acids is 1. The van der Waals surface area contributed by atoms with Crippen LogP contribution < -0.4 is 5.32 Å². The van der Waals surface area contributed by atoms with Crippen molar-refractivity contribution in [2.45, 2.75) is 12.5 Å². The van der Waals surface area contributed by atoms with Crippen LogP contribution in [0.2, 0.25) is 0 Å². The van der Waals surface area contributed by atoms with Gasteiger partial charge < -0.3 is 5.32 Å². The highest BCUT2D eigenvalue weighted by Crippen LogP contribution is 2.33. The average molecular weight is 347 g/mol. The van der Waals surface area contributed by atoms with Crippen LogP contribution >= 0.6 is 0 Å². The Labute approximate surface area is 150 Å². The van der Waals surface area contributed by atoms with Crippen molar-refractivity contribution < 1.29 is 15.2 Å². The summed E-state index contributed by atoms with van der Waals surface area (Å²) in [6.07, 6.45) is 1.73. The second kappa shape index (κ2) is 6.59. The van der Waals surface area contributed by atoms with E-state index in [1.165, 1.54) is 0 Å². The lowest BCUT2D eigenvalue weighted by molar-refractivity contribution is -0.282. The quantitative estimate of drug-likeness (QED) is 0.740. The summed E-state index contributed by atoms with van der Waals surface area (Å²) >= 11 is 0. The first-order chi connectivity index (χ1) is 12.6. The molecule has 130 valence electrons. The van der Waals surface area contributed by atoms with Crippen LogP contribution in [0.3, 0.4) is 0 Å². The van der Waals surface area contributed by atoms with Crippen LogP contribution in [0.5, 0.6) is 0 Å². The molecule has 3 N–H and O–H groups in total. The second-order valence-electron chi connectivity index (χ2n) is 6.14. The van der Waals surface area contributed by atoms with Crippen molar-refractivity contribution in [3.8, 4) is 0 Å². The topological polar surface area (TPSA) is 85.2 Å². The van der Waals surface area contributed by atoms with Crippen molar-refractivity contribution in [2.75, 3.05) is 0 Å². The number of hydrogen-bond acceptors (Lipinski definition) is 6. The molecule has 0 saturated heterocycles. The Hall–Kier alpha value is -3.22. The highest BCUT2D eigenvalue weighted by atomic mass is 16.8. The summed E-state index contributed by atoms with van der Waals surface area (Å²) in [6.45, 7) is 0. The summed E-state index contributed by atoms with van der Waals surface area (Å²) in [5, 5.41) is 21.5. The number of hydrogen-bond donors (Lipinski definition) is 3. The van der Waals surface area contributed by atoms with Gasteiger partial charge >= 0.3 is 0 Å². The van der Waals surface area contributed by atoms with E-state index in [0.29, 0.717) is 12.1 Å². The fraction of sp³-hybridized carbons (Fsp3) is 0.100. The summed E-state index contributed by atoms with van der Waals surface area (Å²) in [5.74, 6) is -0.385. The molecular formula is C20H17N3O3. The molecule has 1 unspecified atom stereocenters. The fourth-order valence-corrected chi connectivity index (χ4v) is 3.26. The molecule has 0 saturated carbocycles. The van der Waals surface area contributed by atoms with Gasteiger partial charge in [-0.3, -0.25) is 20.2 Å². The number of carbonyl (C=O) groups is 1. The lowest BCUT2D eigenvalue weighted by atomic mass is 9.94. The first-order valence-corrected chi connectivity index (χ1v) is 8.24. The monoisotopic (exact) mass is 347 g/mol. The normalized spacial score (nSPS) is 18.8. The molecule has 2 aromatic rings. The lowest BCUT2D eigenvalue weighted by Crippen LogP contribution is -2.38. The number of rotatable bonds is 4. The largest absolute Gasteiger partial charge is 0.339 e. The molecule has 0 aliphatic carbocycles. The molecule has 2 aromatic carbocycles. The lowest BCUT2D eigenvalue weighted by Gasteiger charge is -2.24. The SMILES string of the molecule is O=C1C=C(N(O)O)NC2=C(c3ccccc3)C(Cc3ccccc3)=NC12. The van der Waals surface area contributed by atoms with Gasteiger partial charge in [-0.05, 0) is 11.1 Å². The smallest absolute Gasteiger partial charge is 0.189 e. The van der Waals surface area contributed by atoms with Crippen LogP contribution in [0.25, 0.3) is 5.57 Å². The van der Waals surface area contributed by atoms with E-state index in [1.807, 2.05) is 60.7 Å². The van der Waals surface area contributed by atoms with Gasteiger partial charge in [-0.2, -0.15) is 0 Å². The molecule has 0 bridgehead atoms. The van der Waals surface area contributed by atoms with Gasteiger partial charge in [-0.15, -0.1) is 5.23 Å². The molecule has 4 rings (SSSR count). The number of fused-ring (bicyclic) bond motifs is 1. The Kier molecular flexibility index (Phi) is 4.12. The third-order valence-electron chi connectivity index (χ3n) is 4.42. The zero-order valence-electron chi connectivity index (χ0n) is 13.8. The van der Waals surface area contributed by atoms with E-state index in [-0.39, 0.29) is 16.8 Å². The Morgan fingerprint density at radius 3 is 2.31 bits per heavy atom. The first kappa shape index (κ1) is 16.3. The summed E-state index contributed by atoms with van der Waals surface area (Å²) < 4.78 is 0. The molecule has 2 heterocycles. The maximum Gasteiger partial charge on any atom is 0.189 e. The molecule has 0 amide bonds. The first-order valence-electron chi connectivity index (χ1n) is 8.24. The zero-order chi connectivity index (χ0) is 18.1. The molecule has 2 aliphatic rings. The van der Waals surface area contributed by atoms with Gasteiger partial charge in [-0.25, -0.2) is 0 Å². The highest BCUT2D eigenvalue weighted by Gasteiger charge is 2.37. The van der Waals surface area contributed by atoms with E-state index < -0.39 is 6.04 Å². The standard InChI is InChI=1S/C20H17N3O3/c24-16-12-17(23(25)26)22-20-18(14-9-5-2-6-10-14)15(21-19(16)20)11-13-7-3-1-4-8-13/h1-10,12,19,22,25-26H,11H2. The van der Waals surface area contributed by atoms with Crippen molar-refractivity contribution in [3.63, 3.8) is 0 Å². The minimum absolute atomic E-state index is 0.0844. The predicted octanol–water partition coefficient (Wildman–Crippen LogP) is 2.56. The highest BCUT2D eigenvalue weighted by molar-refractivity contribution is 6.29.